The molecule has 0 aromatic heterocycles. The van der Waals surface area contributed by atoms with E-state index < -0.39 is 21.8 Å². The maximum atomic E-state index is 10.6. The van der Waals surface area contributed by atoms with Crippen molar-refractivity contribution in [2.75, 3.05) is 19.2 Å². The number of esters is 1. The average Bonchev–Trinajstić information content (AvgIpc) is 3.10. The molecule has 6 nitrogen and oxygen atoms in total. The summed E-state index contributed by atoms with van der Waals surface area (Å²) in [7, 11) is -4.30. The fourth-order valence-electron chi connectivity index (χ4n) is 2.68. The molecule has 0 radical (unpaired) electrons. The second kappa shape index (κ2) is 11.8. The summed E-state index contributed by atoms with van der Waals surface area (Å²) in [6, 6.07) is 0. The molecule has 2 saturated carbocycles. The molecule has 1 N–H and O–H groups in total. The van der Waals surface area contributed by atoms with Crippen LogP contribution < -0.4 is 0 Å². The molecular formula is C15H30O6S. The standard InChI is InChI=1S/C7H12.C6H12O6S.C2H6/c1-2-7-4-3-6(1)5-7;1-2-3-11-5-12-6(7)4-13(8,9)10;1-2/h6-7H,1-5H2;2-5H2,1H3,(H,8,9,10);1-2H3. The summed E-state index contributed by atoms with van der Waals surface area (Å²) in [5.41, 5.74) is 0. The first-order chi connectivity index (χ1) is 10.4. The maximum absolute atomic E-state index is 10.6. The lowest BCUT2D eigenvalue weighted by molar-refractivity contribution is -0.153. The monoisotopic (exact) mass is 338 g/mol. The largest absolute Gasteiger partial charge is 0.438 e. The van der Waals surface area contributed by atoms with E-state index in [0.717, 1.165) is 6.42 Å². The van der Waals surface area contributed by atoms with Gasteiger partial charge in [-0.25, -0.2) is 0 Å². The molecular weight excluding hydrogens is 308 g/mol. The third kappa shape index (κ3) is 11.0. The minimum atomic E-state index is -4.30. The highest BCUT2D eigenvalue weighted by Gasteiger charge is 2.30. The number of carbonyl (C=O) groups excluding carboxylic acids is 1. The molecule has 2 aliphatic rings. The van der Waals surface area contributed by atoms with Crippen molar-refractivity contribution in [2.24, 2.45) is 11.8 Å². The third-order valence-electron chi connectivity index (χ3n) is 3.58. The van der Waals surface area contributed by atoms with Crippen LogP contribution in [0.2, 0.25) is 0 Å². The van der Waals surface area contributed by atoms with Gasteiger partial charge in [-0.05, 0) is 24.7 Å². The van der Waals surface area contributed by atoms with Crippen LogP contribution in [0.1, 0.15) is 59.3 Å². The zero-order chi connectivity index (χ0) is 17.0. The number of fused-ring (bicyclic) bond motifs is 2. The molecule has 2 fully saturated rings. The molecule has 0 aliphatic heterocycles. The summed E-state index contributed by atoms with van der Waals surface area (Å²) in [5.74, 6) is 0.274. The van der Waals surface area contributed by atoms with E-state index in [4.69, 9.17) is 9.29 Å². The molecule has 132 valence electrons. The van der Waals surface area contributed by atoms with Crippen LogP contribution in [-0.4, -0.2) is 38.1 Å². The number of carbonyl (C=O) groups is 1. The molecule has 0 saturated heterocycles. The van der Waals surface area contributed by atoms with Gasteiger partial charge in [0.1, 0.15) is 0 Å². The summed E-state index contributed by atoms with van der Waals surface area (Å²) in [6.45, 7) is 6.02. The van der Waals surface area contributed by atoms with Crippen molar-refractivity contribution in [3.63, 3.8) is 0 Å². The minimum Gasteiger partial charge on any atom is -0.438 e. The molecule has 2 bridgehead atoms. The molecule has 0 aromatic rings. The van der Waals surface area contributed by atoms with Gasteiger partial charge in [0.2, 0.25) is 0 Å². The van der Waals surface area contributed by atoms with Gasteiger partial charge < -0.3 is 9.47 Å². The van der Waals surface area contributed by atoms with Crippen LogP contribution in [-0.2, 0) is 24.4 Å². The Morgan fingerprint density at radius 1 is 1.14 bits per heavy atom. The van der Waals surface area contributed by atoms with Crippen molar-refractivity contribution in [1.29, 1.82) is 0 Å². The van der Waals surface area contributed by atoms with Crippen molar-refractivity contribution < 1.29 is 27.2 Å². The van der Waals surface area contributed by atoms with Gasteiger partial charge in [-0.15, -0.1) is 0 Å². The summed E-state index contributed by atoms with van der Waals surface area (Å²) >= 11 is 0. The van der Waals surface area contributed by atoms with Gasteiger partial charge in [0.05, 0.1) is 6.61 Å². The van der Waals surface area contributed by atoms with E-state index in [1.165, 1.54) is 11.8 Å². The zero-order valence-electron chi connectivity index (χ0n) is 13.9. The smallest absolute Gasteiger partial charge is 0.325 e. The Bertz CT molecular complexity index is 375. The Morgan fingerprint density at radius 2 is 1.64 bits per heavy atom. The summed E-state index contributed by atoms with van der Waals surface area (Å²) in [6.07, 6.45) is 8.60. The Hall–Kier alpha value is -0.660. The third-order valence-corrected chi connectivity index (χ3v) is 4.19. The quantitative estimate of drug-likeness (QED) is 0.346. The lowest BCUT2D eigenvalue weighted by Gasteiger charge is -2.05. The maximum Gasteiger partial charge on any atom is 0.325 e. The zero-order valence-corrected chi connectivity index (χ0v) is 14.7. The van der Waals surface area contributed by atoms with Crippen molar-refractivity contribution >= 4 is 16.1 Å². The van der Waals surface area contributed by atoms with E-state index in [0.29, 0.717) is 6.61 Å². The van der Waals surface area contributed by atoms with E-state index in [9.17, 15) is 13.2 Å². The van der Waals surface area contributed by atoms with Crippen LogP contribution in [0, 0.1) is 11.8 Å². The van der Waals surface area contributed by atoms with Crippen LogP contribution in [0.4, 0.5) is 0 Å². The molecule has 0 amide bonds. The minimum absolute atomic E-state index is 0.289. The highest BCUT2D eigenvalue weighted by atomic mass is 32.2. The normalized spacial score (nSPS) is 22.2. The second-order valence-corrected chi connectivity index (χ2v) is 6.84. The fourth-order valence-corrected chi connectivity index (χ4v) is 3.06. The molecule has 2 aliphatic carbocycles. The summed E-state index contributed by atoms with van der Waals surface area (Å²) < 4.78 is 37.6. The Kier molecular flexibility index (Phi) is 11.5. The molecule has 7 heteroatoms. The highest BCUT2D eigenvalue weighted by Crippen LogP contribution is 2.43. The predicted molar refractivity (Wildman–Crippen MR) is 85.0 cm³/mol. The molecule has 0 aromatic carbocycles. The summed E-state index contributed by atoms with van der Waals surface area (Å²) in [4.78, 5) is 10.6. The van der Waals surface area contributed by atoms with Crippen LogP contribution >= 0.6 is 0 Å². The van der Waals surface area contributed by atoms with E-state index in [1.807, 2.05) is 20.8 Å². The number of hydrogen-bond acceptors (Lipinski definition) is 5. The SMILES string of the molecule is C1CC2CCC1C2.CC.CCCOCOC(=O)CS(=O)(=O)O. The second-order valence-electron chi connectivity index (χ2n) is 5.39. The van der Waals surface area contributed by atoms with E-state index >= 15 is 0 Å². The van der Waals surface area contributed by atoms with Crippen LogP contribution in [0.15, 0.2) is 0 Å². The molecule has 0 unspecified atom stereocenters. The van der Waals surface area contributed by atoms with Gasteiger partial charge >= 0.3 is 5.97 Å². The fraction of sp³-hybridized carbons (Fsp3) is 0.933. The van der Waals surface area contributed by atoms with Crippen molar-refractivity contribution in [2.45, 2.75) is 59.3 Å². The first-order valence-electron chi connectivity index (χ1n) is 8.09. The Labute approximate surface area is 134 Å². The predicted octanol–water partition coefficient (Wildman–Crippen LogP) is 3.02. The first-order valence-corrected chi connectivity index (χ1v) is 9.70. The van der Waals surface area contributed by atoms with Crippen LogP contribution in [0.3, 0.4) is 0 Å². The van der Waals surface area contributed by atoms with Crippen molar-refractivity contribution in [3.8, 4) is 0 Å². The highest BCUT2D eigenvalue weighted by molar-refractivity contribution is 7.86. The number of hydrogen-bond donors (Lipinski definition) is 1. The van der Waals surface area contributed by atoms with Crippen molar-refractivity contribution in [1.82, 2.24) is 0 Å². The molecule has 0 atom stereocenters. The lowest BCUT2D eigenvalue weighted by atomic mass is 10.0. The molecule has 22 heavy (non-hydrogen) atoms. The number of rotatable bonds is 6. The van der Waals surface area contributed by atoms with Crippen LogP contribution in [0.5, 0.6) is 0 Å². The van der Waals surface area contributed by atoms with Crippen molar-refractivity contribution in [3.05, 3.63) is 0 Å². The Morgan fingerprint density at radius 3 is 1.95 bits per heavy atom. The topological polar surface area (TPSA) is 89.9 Å². The molecule has 0 spiro atoms. The van der Waals surface area contributed by atoms with Gasteiger partial charge in [0.15, 0.2) is 12.5 Å². The Balaban J connectivity index is 0.000000402. The van der Waals surface area contributed by atoms with Gasteiger partial charge in [-0.1, -0.05) is 46.5 Å². The van der Waals surface area contributed by atoms with E-state index in [-0.39, 0.29) is 6.79 Å². The molecule has 0 heterocycles. The average molecular weight is 338 g/mol. The van der Waals surface area contributed by atoms with Gasteiger partial charge in [-0.2, -0.15) is 8.42 Å². The van der Waals surface area contributed by atoms with Crippen LogP contribution in [0.25, 0.3) is 0 Å². The van der Waals surface area contributed by atoms with E-state index in [2.05, 4.69) is 4.74 Å². The summed E-state index contributed by atoms with van der Waals surface area (Å²) in [5, 5.41) is 0. The van der Waals surface area contributed by atoms with Gasteiger partial charge in [0, 0.05) is 0 Å². The number of ether oxygens (including phenoxy) is 2. The van der Waals surface area contributed by atoms with Gasteiger partial charge in [-0.3, -0.25) is 9.35 Å². The van der Waals surface area contributed by atoms with E-state index in [1.54, 1.807) is 32.1 Å². The van der Waals surface area contributed by atoms with Gasteiger partial charge in [0.25, 0.3) is 10.1 Å². The lowest BCUT2D eigenvalue weighted by Crippen LogP contribution is -2.19. The first kappa shape index (κ1) is 21.3. The molecule has 2 rings (SSSR count).